The highest BCUT2D eigenvalue weighted by molar-refractivity contribution is 7.10. The van der Waals surface area contributed by atoms with Gasteiger partial charge in [-0.25, -0.2) is 9.78 Å². The highest BCUT2D eigenvalue weighted by Gasteiger charge is 2.19. The Hall–Kier alpha value is -3.65. The van der Waals surface area contributed by atoms with Gasteiger partial charge in [-0.3, -0.25) is 4.79 Å². The van der Waals surface area contributed by atoms with Gasteiger partial charge in [-0.1, -0.05) is 30.3 Å². The molecule has 3 amide bonds. The lowest BCUT2D eigenvalue weighted by molar-refractivity contribution is -0.116. The number of carbonyl (C=O) groups is 2. The van der Waals surface area contributed by atoms with E-state index in [4.69, 9.17) is 5.73 Å². The van der Waals surface area contributed by atoms with E-state index in [1.54, 1.807) is 0 Å². The van der Waals surface area contributed by atoms with Gasteiger partial charge in [0.15, 0.2) is 0 Å². The van der Waals surface area contributed by atoms with Crippen molar-refractivity contribution in [2.24, 2.45) is 5.73 Å². The quantitative estimate of drug-likeness (QED) is 0.388. The van der Waals surface area contributed by atoms with Crippen LogP contribution in [0.3, 0.4) is 0 Å². The molecule has 146 valence electrons. The summed E-state index contributed by atoms with van der Waals surface area (Å²) in [7, 11) is 0. The summed E-state index contributed by atoms with van der Waals surface area (Å²) in [6.07, 6.45) is 0.0674. The second kappa shape index (κ2) is 8.15. The Balaban J connectivity index is 1.56. The lowest BCUT2D eigenvalue weighted by Gasteiger charge is -2.16. The first-order chi connectivity index (χ1) is 14.1. The van der Waals surface area contributed by atoms with Crippen LogP contribution in [-0.4, -0.2) is 21.9 Å². The predicted octanol–water partition coefficient (Wildman–Crippen LogP) is 4.03. The van der Waals surface area contributed by atoms with E-state index in [2.05, 4.69) is 20.6 Å². The number of H-pyrrole nitrogens is 1. The molecule has 0 aliphatic rings. The Morgan fingerprint density at radius 3 is 2.62 bits per heavy atom. The van der Waals surface area contributed by atoms with Crippen molar-refractivity contribution in [3.63, 3.8) is 0 Å². The monoisotopic (exact) mass is 405 g/mol. The summed E-state index contributed by atoms with van der Waals surface area (Å²) in [4.78, 5) is 32.8. The number of benzene rings is 2. The Morgan fingerprint density at radius 1 is 1.07 bits per heavy atom. The summed E-state index contributed by atoms with van der Waals surface area (Å²) in [6, 6.07) is 17.8. The topological polar surface area (TPSA) is 113 Å². The molecule has 0 bridgehead atoms. The van der Waals surface area contributed by atoms with E-state index >= 15 is 0 Å². The van der Waals surface area contributed by atoms with Crippen LogP contribution in [0.15, 0.2) is 66.0 Å². The number of nitrogens with one attached hydrogen (secondary N) is 3. The van der Waals surface area contributed by atoms with Gasteiger partial charge in [0.2, 0.25) is 5.91 Å². The van der Waals surface area contributed by atoms with E-state index in [1.165, 1.54) is 11.3 Å². The van der Waals surface area contributed by atoms with Crippen LogP contribution >= 0.6 is 11.3 Å². The zero-order chi connectivity index (χ0) is 20.2. The summed E-state index contributed by atoms with van der Waals surface area (Å²) in [5.74, 6) is 0.438. The molecule has 1 atom stereocenters. The Bertz CT molecular complexity index is 1120. The van der Waals surface area contributed by atoms with E-state index in [0.717, 1.165) is 21.5 Å². The molecule has 0 fully saturated rings. The lowest BCUT2D eigenvalue weighted by atomic mass is 10.1. The number of hydrogen-bond acceptors (Lipinski definition) is 4. The highest BCUT2D eigenvalue weighted by Crippen LogP contribution is 2.28. The fourth-order valence-electron chi connectivity index (χ4n) is 3.15. The zero-order valence-corrected chi connectivity index (χ0v) is 16.2. The fraction of sp³-hybridized carbons (Fsp3) is 0.0952. The number of anilines is 1. The van der Waals surface area contributed by atoms with Crippen molar-refractivity contribution in [2.75, 3.05) is 5.32 Å². The van der Waals surface area contributed by atoms with E-state index in [-0.39, 0.29) is 12.3 Å². The number of para-hydroxylation sites is 3. The first-order valence-electron chi connectivity index (χ1n) is 9.03. The van der Waals surface area contributed by atoms with Gasteiger partial charge in [-0.2, -0.15) is 0 Å². The normalized spacial score (nSPS) is 11.9. The van der Waals surface area contributed by atoms with Crippen LogP contribution in [0.5, 0.6) is 0 Å². The molecular formula is C21H19N5O2S. The highest BCUT2D eigenvalue weighted by atomic mass is 32.1. The first-order valence-corrected chi connectivity index (χ1v) is 9.91. The Morgan fingerprint density at radius 2 is 1.86 bits per heavy atom. The summed E-state index contributed by atoms with van der Waals surface area (Å²) in [5.41, 5.74) is 8.48. The number of aromatic nitrogens is 2. The maximum Gasteiger partial charge on any atom is 0.312 e. The summed E-state index contributed by atoms with van der Waals surface area (Å²) in [6.45, 7) is 0. The number of thiophene rings is 1. The van der Waals surface area contributed by atoms with Gasteiger partial charge in [0.25, 0.3) is 0 Å². The molecule has 4 aromatic rings. The van der Waals surface area contributed by atoms with Crippen molar-refractivity contribution in [1.82, 2.24) is 15.3 Å². The van der Waals surface area contributed by atoms with E-state index < -0.39 is 12.1 Å². The molecule has 0 spiro atoms. The van der Waals surface area contributed by atoms with Crippen molar-refractivity contribution in [2.45, 2.75) is 12.5 Å². The van der Waals surface area contributed by atoms with Crippen LogP contribution in [0.4, 0.5) is 10.5 Å². The number of nitrogens with two attached hydrogens (primary N) is 1. The number of carbonyl (C=O) groups excluding carboxylic acids is 2. The SMILES string of the molecule is NC(=O)NC(CC(=O)Nc1ccccc1-c1nc2ccccc2[nH]1)c1cccs1. The molecule has 2 aromatic carbocycles. The fourth-order valence-corrected chi connectivity index (χ4v) is 3.93. The smallest absolute Gasteiger partial charge is 0.312 e. The van der Waals surface area contributed by atoms with Crippen LogP contribution in [0.25, 0.3) is 22.4 Å². The van der Waals surface area contributed by atoms with Gasteiger partial charge in [0, 0.05) is 10.4 Å². The van der Waals surface area contributed by atoms with Gasteiger partial charge < -0.3 is 21.4 Å². The number of rotatable bonds is 6. The minimum Gasteiger partial charge on any atom is -0.352 e. The maximum absolute atomic E-state index is 12.7. The number of fused-ring (bicyclic) bond motifs is 1. The summed E-state index contributed by atoms with van der Waals surface area (Å²) >= 11 is 1.46. The van der Waals surface area contributed by atoms with Crippen LogP contribution in [-0.2, 0) is 4.79 Å². The van der Waals surface area contributed by atoms with Crippen molar-refractivity contribution < 1.29 is 9.59 Å². The molecule has 29 heavy (non-hydrogen) atoms. The Labute approximate surface area is 171 Å². The van der Waals surface area contributed by atoms with Crippen LogP contribution in [0.1, 0.15) is 17.3 Å². The number of primary amides is 1. The van der Waals surface area contributed by atoms with Gasteiger partial charge >= 0.3 is 6.03 Å². The third-order valence-corrected chi connectivity index (χ3v) is 5.42. The second-order valence-corrected chi connectivity index (χ2v) is 7.46. The maximum atomic E-state index is 12.7. The number of hydrogen-bond donors (Lipinski definition) is 4. The summed E-state index contributed by atoms with van der Waals surface area (Å²) < 4.78 is 0. The molecule has 0 aliphatic carbocycles. The minimum absolute atomic E-state index is 0.0674. The van der Waals surface area contributed by atoms with Crippen LogP contribution < -0.4 is 16.4 Å². The molecular weight excluding hydrogens is 386 g/mol. The molecule has 5 N–H and O–H groups in total. The van der Waals surface area contributed by atoms with Crippen molar-refractivity contribution >= 4 is 40.0 Å². The van der Waals surface area contributed by atoms with Crippen molar-refractivity contribution in [3.8, 4) is 11.4 Å². The van der Waals surface area contributed by atoms with Crippen LogP contribution in [0, 0.1) is 0 Å². The number of urea groups is 1. The van der Waals surface area contributed by atoms with Gasteiger partial charge in [-0.15, -0.1) is 11.3 Å². The van der Waals surface area contributed by atoms with Gasteiger partial charge in [0.05, 0.1) is 29.2 Å². The Kier molecular flexibility index (Phi) is 5.26. The van der Waals surface area contributed by atoms with E-state index in [0.29, 0.717) is 11.5 Å². The molecule has 1 unspecified atom stereocenters. The molecule has 0 saturated heterocycles. The molecule has 7 nitrogen and oxygen atoms in total. The molecule has 8 heteroatoms. The zero-order valence-electron chi connectivity index (χ0n) is 15.4. The van der Waals surface area contributed by atoms with Crippen LogP contribution in [0.2, 0.25) is 0 Å². The number of amides is 3. The average Bonchev–Trinajstić information content (AvgIpc) is 3.37. The number of imidazole rings is 1. The first kappa shape index (κ1) is 18.7. The predicted molar refractivity (Wildman–Crippen MR) is 115 cm³/mol. The molecule has 0 aliphatic heterocycles. The van der Waals surface area contributed by atoms with E-state index in [9.17, 15) is 9.59 Å². The lowest BCUT2D eigenvalue weighted by Crippen LogP contribution is -2.34. The standard InChI is InChI=1S/C21H19N5O2S/c22-21(28)26-17(18-10-5-11-29-18)12-19(27)23-14-7-2-1-6-13(14)20-24-15-8-3-4-9-16(15)25-20/h1-11,17H,12H2,(H,23,27)(H,24,25)(H3,22,26,28). The van der Waals surface area contributed by atoms with Gasteiger partial charge in [0.1, 0.15) is 5.82 Å². The minimum atomic E-state index is -0.668. The summed E-state index contributed by atoms with van der Waals surface area (Å²) in [5, 5.41) is 7.45. The number of aromatic amines is 1. The van der Waals surface area contributed by atoms with Crippen molar-refractivity contribution in [3.05, 3.63) is 70.9 Å². The second-order valence-electron chi connectivity index (χ2n) is 6.48. The molecule has 2 aromatic heterocycles. The molecule has 0 saturated carbocycles. The third-order valence-electron chi connectivity index (χ3n) is 4.44. The van der Waals surface area contributed by atoms with E-state index in [1.807, 2.05) is 66.0 Å². The molecule has 0 radical (unpaired) electrons. The third kappa shape index (κ3) is 4.27. The average molecular weight is 405 g/mol. The molecule has 2 heterocycles. The largest absolute Gasteiger partial charge is 0.352 e. The molecule has 4 rings (SSSR count). The van der Waals surface area contributed by atoms with Crippen molar-refractivity contribution in [1.29, 1.82) is 0 Å². The van der Waals surface area contributed by atoms with Gasteiger partial charge in [-0.05, 0) is 35.7 Å². The number of nitrogens with zero attached hydrogens (tertiary/aromatic N) is 1.